The van der Waals surface area contributed by atoms with Crippen molar-refractivity contribution in [3.8, 4) is 11.5 Å². The molecule has 0 unspecified atom stereocenters. The van der Waals surface area contributed by atoms with Gasteiger partial charge in [-0.3, -0.25) is 9.59 Å². The Bertz CT molecular complexity index is 906. The number of ether oxygens (including phenoxy) is 2. The fraction of sp³-hybridized carbons (Fsp3) is 0.286. The fourth-order valence-electron chi connectivity index (χ4n) is 3.10. The van der Waals surface area contributed by atoms with Gasteiger partial charge >= 0.3 is 5.97 Å². The predicted octanol–water partition coefficient (Wildman–Crippen LogP) is 1.76. The molecule has 2 aromatic rings. The van der Waals surface area contributed by atoms with E-state index in [9.17, 15) is 14.4 Å². The molecule has 1 heterocycles. The maximum Gasteiger partial charge on any atom is 0.335 e. The zero-order valence-electron chi connectivity index (χ0n) is 16.0. The van der Waals surface area contributed by atoms with Crippen LogP contribution in [0.25, 0.3) is 0 Å². The molecule has 8 heteroatoms. The quantitative estimate of drug-likeness (QED) is 0.797. The van der Waals surface area contributed by atoms with Gasteiger partial charge in [-0.05, 0) is 30.3 Å². The minimum absolute atomic E-state index is 0.0677. The number of hydrogen-bond acceptors (Lipinski definition) is 5. The summed E-state index contributed by atoms with van der Waals surface area (Å²) >= 11 is 0. The van der Waals surface area contributed by atoms with E-state index in [0.717, 1.165) is 0 Å². The van der Waals surface area contributed by atoms with Crippen molar-refractivity contribution in [1.29, 1.82) is 0 Å². The second-order valence-corrected chi connectivity index (χ2v) is 6.50. The van der Waals surface area contributed by atoms with Crippen LogP contribution in [0.5, 0.6) is 11.5 Å². The zero-order chi connectivity index (χ0) is 20.8. The number of piperazine rings is 1. The van der Waals surface area contributed by atoms with Gasteiger partial charge in [-0.2, -0.15) is 0 Å². The first-order valence-electron chi connectivity index (χ1n) is 9.16. The molecule has 0 radical (unpaired) electrons. The van der Waals surface area contributed by atoms with Gasteiger partial charge in [-0.1, -0.05) is 18.2 Å². The van der Waals surface area contributed by atoms with Crippen molar-refractivity contribution in [3.05, 3.63) is 59.7 Å². The second kappa shape index (κ2) is 9.09. The number of carboxylic acid groups (broad SMARTS) is 1. The van der Waals surface area contributed by atoms with Crippen molar-refractivity contribution in [1.82, 2.24) is 9.80 Å². The number of carboxylic acids is 1. The maximum absolute atomic E-state index is 12.6. The number of amides is 2. The number of carbonyl (C=O) groups excluding carboxylic acids is 2. The molecule has 0 aromatic heterocycles. The zero-order valence-corrected chi connectivity index (χ0v) is 16.0. The summed E-state index contributed by atoms with van der Waals surface area (Å²) < 4.78 is 10.8. The van der Waals surface area contributed by atoms with E-state index < -0.39 is 5.97 Å². The minimum atomic E-state index is -1.08. The molecule has 3 rings (SSSR count). The van der Waals surface area contributed by atoms with Crippen LogP contribution in [0.15, 0.2) is 48.5 Å². The summed E-state index contributed by atoms with van der Waals surface area (Å²) in [4.78, 5) is 39.4. The van der Waals surface area contributed by atoms with Crippen molar-refractivity contribution in [3.63, 3.8) is 0 Å². The monoisotopic (exact) mass is 398 g/mol. The van der Waals surface area contributed by atoms with Crippen LogP contribution < -0.4 is 9.47 Å². The predicted molar refractivity (Wildman–Crippen MR) is 104 cm³/mol. The van der Waals surface area contributed by atoms with Crippen LogP contribution in [-0.2, 0) is 4.79 Å². The molecule has 1 fully saturated rings. The van der Waals surface area contributed by atoms with Crippen LogP contribution in [0.4, 0.5) is 0 Å². The van der Waals surface area contributed by atoms with Crippen LogP contribution in [0, 0.1) is 0 Å². The minimum Gasteiger partial charge on any atom is -0.493 e. The first kappa shape index (κ1) is 20.2. The molecule has 0 bridgehead atoms. The summed E-state index contributed by atoms with van der Waals surface area (Å²) in [6.07, 6.45) is 0. The van der Waals surface area contributed by atoms with Crippen LogP contribution in [-0.4, -0.2) is 72.6 Å². The molecule has 0 spiro atoms. The third-order valence-corrected chi connectivity index (χ3v) is 4.70. The Morgan fingerprint density at radius 3 is 2.17 bits per heavy atom. The van der Waals surface area contributed by atoms with Gasteiger partial charge in [0.1, 0.15) is 0 Å². The standard InChI is InChI=1S/C21H22N2O6/c1-28-17-7-2-3-8-18(17)29-14-19(24)22-9-11-23(12-10-22)20(25)15-5-4-6-16(13-15)21(26)27/h2-8,13H,9-12,14H2,1H3,(H,26,27). The molecule has 0 saturated carbocycles. The topological polar surface area (TPSA) is 96.4 Å². The number of hydrogen-bond donors (Lipinski definition) is 1. The van der Waals surface area contributed by atoms with Crippen LogP contribution in [0.3, 0.4) is 0 Å². The van der Waals surface area contributed by atoms with Gasteiger partial charge in [-0.25, -0.2) is 4.79 Å². The Hall–Kier alpha value is -3.55. The number of benzene rings is 2. The summed E-state index contributed by atoms with van der Waals surface area (Å²) in [5.41, 5.74) is 0.391. The van der Waals surface area contributed by atoms with E-state index in [1.807, 2.05) is 6.07 Å². The lowest BCUT2D eigenvalue weighted by Gasteiger charge is -2.34. The van der Waals surface area contributed by atoms with Crippen LogP contribution in [0.2, 0.25) is 0 Å². The van der Waals surface area contributed by atoms with E-state index in [2.05, 4.69) is 0 Å². The van der Waals surface area contributed by atoms with Gasteiger partial charge in [0.05, 0.1) is 12.7 Å². The third kappa shape index (κ3) is 4.84. The average molecular weight is 398 g/mol. The smallest absolute Gasteiger partial charge is 0.335 e. The molecule has 2 amide bonds. The highest BCUT2D eigenvalue weighted by Gasteiger charge is 2.25. The molecule has 1 aliphatic heterocycles. The summed E-state index contributed by atoms with van der Waals surface area (Å²) in [5, 5.41) is 9.07. The van der Waals surface area contributed by atoms with Gasteiger partial charge in [0, 0.05) is 31.7 Å². The number of rotatable bonds is 6. The first-order chi connectivity index (χ1) is 14.0. The number of aromatic carboxylic acids is 1. The summed E-state index contributed by atoms with van der Waals surface area (Å²) in [7, 11) is 1.53. The Morgan fingerprint density at radius 1 is 0.897 bits per heavy atom. The van der Waals surface area contributed by atoms with Crippen molar-refractivity contribution in [2.45, 2.75) is 0 Å². The van der Waals surface area contributed by atoms with E-state index in [1.54, 1.807) is 40.1 Å². The normalized spacial score (nSPS) is 13.7. The molecule has 0 aliphatic carbocycles. The average Bonchev–Trinajstić information content (AvgIpc) is 2.77. The first-order valence-corrected chi connectivity index (χ1v) is 9.16. The van der Waals surface area contributed by atoms with Gasteiger partial charge in [0.15, 0.2) is 18.1 Å². The number of para-hydroxylation sites is 2. The van der Waals surface area contributed by atoms with E-state index in [-0.39, 0.29) is 24.0 Å². The Kier molecular flexibility index (Phi) is 6.33. The molecule has 8 nitrogen and oxygen atoms in total. The van der Waals surface area contributed by atoms with Gasteiger partial charge < -0.3 is 24.4 Å². The van der Waals surface area contributed by atoms with Gasteiger partial charge in [0.2, 0.25) is 0 Å². The molecule has 2 aromatic carbocycles. The number of carbonyl (C=O) groups is 3. The van der Waals surface area contributed by atoms with Gasteiger partial charge in [0.25, 0.3) is 11.8 Å². The maximum atomic E-state index is 12.6. The lowest BCUT2D eigenvalue weighted by molar-refractivity contribution is -0.134. The van der Waals surface area contributed by atoms with Crippen molar-refractivity contribution in [2.75, 3.05) is 39.9 Å². The Labute approximate surface area is 168 Å². The molecular formula is C21H22N2O6. The molecular weight excluding hydrogens is 376 g/mol. The Balaban J connectivity index is 1.53. The molecule has 152 valence electrons. The highest BCUT2D eigenvalue weighted by molar-refractivity contribution is 5.97. The summed E-state index contributed by atoms with van der Waals surface area (Å²) in [6, 6.07) is 13.0. The molecule has 29 heavy (non-hydrogen) atoms. The van der Waals surface area contributed by atoms with E-state index in [1.165, 1.54) is 19.2 Å². The van der Waals surface area contributed by atoms with Crippen molar-refractivity contribution in [2.24, 2.45) is 0 Å². The molecule has 0 atom stereocenters. The Morgan fingerprint density at radius 2 is 1.52 bits per heavy atom. The molecule has 1 aliphatic rings. The molecule has 1 N–H and O–H groups in total. The summed E-state index contributed by atoms with van der Waals surface area (Å²) in [5.74, 6) is -0.443. The van der Waals surface area contributed by atoms with E-state index >= 15 is 0 Å². The van der Waals surface area contributed by atoms with E-state index in [0.29, 0.717) is 43.2 Å². The largest absolute Gasteiger partial charge is 0.493 e. The highest BCUT2D eigenvalue weighted by Crippen LogP contribution is 2.25. The third-order valence-electron chi connectivity index (χ3n) is 4.70. The van der Waals surface area contributed by atoms with Gasteiger partial charge in [-0.15, -0.1) is 0 Å². The van der Waals surface area contributed by atoms with E-state index in [4.69, 9.17) is 14.6 Å². The van der Waals surface area contributed by atoms with Crippen LogP contribution >= 0.6 is 0 Å². The molecule has 1 saturated heterocycles. The van der Waals surface area contributed by atoms with Crippen molar-refractivity contribution < 1.29 is 29.0 Å². The number of methoxy groups -OCH3 is 1. The lowest BCUT2D eigenvalue weighted by atomic mass is 10.1. The summed E-state index contributed by atoms with van der Waals surface area (Å²) in [6.45, 7) is 1.40. The second-order valence-electron chi connectivity index (χ2n) is 6.50. The highest BCUT2D eigenvalue weighted by atomic mass is 16.5. The van der Waals surface area contributed by atoms with Crippen molar-refractivity contribution >= 4 is 17.8 Å². The number of nitrogens with zero attached hydrogens (tertiary/aromatic N) is 2. The van der Waals surface area contributed by atoms with Crippen LogP contribution in [0.1, 0.15) is 20.7 Å². The lowest BCUT2D eigenvalue weighted by Crippen LogP contribution is -2.51. The SMILES string of the molecule is COc1ccccc1OCC(=O)N1CCN(C(=O)c2cccc(C(=O)O)c2)CC1. The fourth-order valence-corrected chi connectivity index (χ4v) is 3.10.